The van der Waals surface area contributed by atoms with Crippen LogP contribution in [0.2, 0.25) is 0 Å². The third-order valence-corrected chi connectivity index (χ3v) is 10.0. The Balaban J connectivity index is 1.14. The number of thioether (sulfide) groups is 1. The molecule has 1 aromatic carbocycles. The third-order valence-electron chi connectivity index (χ3n) is 8.71. The first-order valence-corrected chi connectivity index (χ1v) is 15.0. The van der Waals surface area contributed by atoms with E-state index in [1.165, 1.54) is 37.4 Å². The minimum absolute atomic E-state index is 0.0578. The molecule has 9 heteroatoms. The number of carbonyl (C=O) groups is 1. The number of amides is 1. The molecule has 1 N–H and O–H groups in total. The summed E-state index contributed by atoms with van der Waals surface area (Å²) in [7, 11) is 0. The first kappa shape index (κ1) is 25.0. The largest absolute Gasteiger partial charge is 0.506 e. The maximum Gasteiger partial charge on any atom is 0.351 e. The van der Waals surface area contributed by atoms with Gasteiger partial charge < -0.3 is 18.7 Å². The van der Waals surface area contributed by atoms with Crippen LogP contribution in [-0.2, 0) is 4.79 Å². The van der Waals surface area contributed by atoms with Gasteiger partial charge in [0.1, 0.15) is 38.5 Å². The molecule has 3 aliphatic carbocycles. The van der Waals surface area contributed by atoms with E-state index < -0.39 is 5.63 Å². The van der Waals surface area contributed by atoms with Gasteiger partial charge in [-0.05, 0) is 81.0 Å². The Morgan fingerprint density at radius 1 is 1.03 bits per heavy atom. The summed E-state index contributed by atoms with van der Waals surface area (Å²) in [5, 5.41) is 11.4. The SMILES string of the molecule is O=C1/C(=C\c2ccc(-c3c(O)c4ccc(OC5CCCCC5)cc4oc3=O)o2)SC(=S)N1C1CC2CCC1C2. The second-order valence-electron chi connectivity index (χ2n) is 11.1. The Hall–Kier alpha value is -3.04. The second-order valence-corrected chi connectivity index (χ2v) is 12.8. The predicted octanol–water partition coefficient (Wildman–Crippen LogP) is 6.86. The Labute approximate surface area is 235 Å². The highest BCUT2D eigenvalue weighted by Crippen LogP contribution is 2.49. The van der Waals surface area contributed by atoms with Gasteiger partial charge in [-0.1, -0.05) is 36.8 Å². The van der Waals surface area contributed by atoms with Crippen molar-refractivity contribution in [3.8, 4) is 22.8 Å². The Bertz CT molecular complexity index is 1570. The van der Waals surface area contributed by atoms with Crippen LogP contribution in [-0.4, -0.2) is 32.4 Å². The molecule has 2 aromatic heterocycles. The quantitative estimate of drug-likeness (QED) is 0.204. The van der Waals surface area contributed by atoms with Crippen LogP contribution >= 0.6 is 24.0 Å². The summed E-state index contributed by atoms with van der Waals surface area (Å²) in [6.45, 7) is 0. The van der Waals surface area contributed by atoms with E-state index >= 15 is 0 Å². The van der Waals surface area contributed by atoms with Crippen LogP contribution in [0.1, 0.15) is 63.5 Å². The highest BCUT2D eigenvalue weighted by molar-refractivity contribution is 8.26. The Kier molecular flexibility index (Phi) is 6.31. The van der Waals surface area contributed by atoms with Crippen LogP contribution in [0, 0.1) is 11.8 Å². The van der Waals surface area contributed by atoms with Crippen molar-refractivity contribution in [1.82, 2.24) is 4.90 Å². The van der Waals surface area contributed by atoms with E-state index in [9.17, 15) is 14.7 Å². The molecule has 202 valence electrons. The molecule has 7 nitrogen and oxygen atoms in total. The number of hydrogen-bond acceptors (Lipinski definition) is 8. The maximum absolute atomic E-state index is 13.3. The van der Waals surface area contributed by atoms with Crippen LogP contribution < -0.4 is 10.4 Å². The summed E-state index contributed by atoms with van der Waals surface area (Å²) in [5.74, 6) is 2.13. The zero-order valence-electron chi connectivity index (χ0n) is 21.4. The first-order chi connectivity index (χ1) is 18.9. The van der Waals surface area contributed by atoms with Crippen molar-refractivity contribution >= 4 is 51.3 Å². The molecule has 3 heterocycles. The molecule has 2 bridgehead atoms. The normalized spacial score (nSPS) is 26.4. The zero-order chi connectivity index (χ0) is 26.7. The molecule has 3 atom stereocenters. The number of carbonyl (C=O) groups excluding carboxylic acids is 1. The zero-order valence-corrected chi connectivity index (χ0v) is 23.0. The topological polar surface area (TPSA) is 93.1 Å². The molecule has 0 radical (unpaired) electrons. The molecular formula is C30H29NO6S2. The highest BCUT2D eigenvalue weighted by Gasteiger charge is 2.48. The predicted molar refractivity (Wildman–Crippen MR) is 154 cm³/mol. The fourth-order valence-electron chi connectivity index (χ4n) is 6.82. The number of benzene rings is 1. The molecule has 0 spiro atoms. The van der Waals surface area contributed by atoms with Gasteiger partial charge in [-0.15, -0.1) is 0 Å². The maximum atomic E-state index is 13.3. The number of fused-ring (bicyclic) bond motifs is 3. The van der Waals surface area contributed by atoms with Crippen molar-refractivity contribution in [3.05, 3.63) is 51.4 Å². The lowest BCUT2D eigenvalue weighted by Gasteiger charge is -2.30. The molecule has 1 saturated heterocycles. The van der Waals surface area contributed by atoms with E-state index in [0.29, 0.717) is 38.0 Å². The van der Waals surface area contributed by atoms with Crippen LogP contribution in [0.3, 0.4) is 0 Å². The molecule has 7 rings (SSSR count). The van der Waals surface area contributed by atoms with Gasteiger partial charge in [0.25, 0.3) is 5.91 Å². The van der Waals surface area contributed by atoms with Gasteiger partial charge in [0.2, 0.25) is 0 Å². The van der Waals surface area contributed by atoms with E-state index in [2.05, 4.69) is 0 Å². The Morgan fingerprint density at radius 3 is 2.64 bits per heavy atom. The van der Waals surface area contributed by atoms with Gasteiger partial charge in [-0.25, -0.2) is 4.79 Å². The van der Waals surface area contributed by atoms with E-state index in [1.807, 2.05) is 0 Å². The van der Waals surface area contributed by atoms with Crippen molar-refractivity contribution < 1.29 is 23.5 Å². The fourth-order valence-corrected chi connectivity index (χ4v) is 8.17. The van der Waals surface area contributed by atoms with Crippen LogP contribution in [0.25, 0.3) is 28.4 Å². The van der Waals surface area contributed by atoms with E-state index in [1.54, 1.807) is 41.3 Å². The van der Waals surface area contributed by atoms with Gasteiger partial charge in [0.05, 0.1) is 16.4 Å². The summed E-state index contributed by atoms with van der Waals surface area (Å²) >= 11 is 6.86. The third kappa shape index (κ3) is 4.49. The summed E-state index contributed by atoms with van der Waals surface area (Å²) < 4.78 is 18.2. The van der Waals surface area contributed by atoms with Crippen molar-refractivity contribution in [1.29, 1.82) is 0 Å². The van der Waals surface area contributed by atoms with Gasteiger partial charge in [-0.3, -0.25) is 9.69 Å². The smallest absolute Gasteiger partial charge is 0.351 e. The summed E-state index contributed by atoms with van der Waals surface area (Å²) in [4.78, 5) is 28.5. The van der Waals surface area contributed by atoms with Gasteiger partial charge >= 0.3 is 5.63 Å². The van der Waals surface area contributed by atoms with Crippen LogP contribution in [0.4, 0.5) is 0 Å². The van der Waals surface area contributed by atoms with Crippen molar-refractivity contribution in [3.63, 3.8) is 0 Å². The lowest BCUT2D eigenvalue weighted by Crippen LogP contribution is -2.41. The Morgan fingerprint density at radius 2 is 1.87 bits per heavy atom. The molecular weight excluding hydrogens is 534 g/mol. The van der Waals surface area contributed by atoms with Crippen LogP contribution in [0.5, 0.6) is 11.5 Å². The van der Waals surface area contributed by atoms with Crippen molar-refractivity contribution in [2.45, 2.75) is 69.9 Å². The number of furan rings is 1. The van der Waals surface area contributed by atoms with E-state index in [0.717, 1.165) is 32.1 Å². The molecule has 1 amide bonds. The number of ether oxygens (including phenoxy) is 1. The van der Waals surface area contributed by atoms with Crippen LogP contribution in [0.15, 0.2) is 48.9 Å². The second kappa shape index (κ2) is 9.86. The highest BCUT2D eigenvalue weighted by atomic mass is 32.2. The number of thiocarbonyl (C=S) groups is 1. The van der Waals surface area contributed by atoms with Gasteiger partial charge in [0, 0.05) is 18.2 Å². The fraction of sp³-hybridized carbons (Fsp3) is 0.433. The van der Waals surface area contributed by atoms with Gasteiger partial charge in [0.15, 0.2) is 0 Å². The molecule has 1 aliphatic heterocycles. The minimum Gasteiger partial charge on any atom is -0.506 e. The summed E-state index contributed by atoms with van der Waals surface area (Å²) in [5.41, 5.74) is -0.512. The summed E-state index contributed by atoms with van der Waals surface area (Å²) in [6.07, 6.45) is 12.0. The standard InChI is InChI=1S/C30H29NO6S2/c32-27-21-10-8-19(35-18-4-2-1-3-5-18)14-24(21)37-29(34)26(27)23-11-9-20(36-23)15-25-28(33)31(30(38)39-25)22-13-16-6-7-17(22)12-16/h8-11,14-18,22,32H,1-7,12-13H2/b25-15+. The monoisotopic (exact) mass is 563 g/mol. The number of rotatable bonds is 5. The van der Waals surface area contributed by atoms with E-state index in [-0.39, 0.29) is 40.7 Å². The molecule has 3 unspecified atom stereocenters. The minimum atomic E-state index is -0.710. The lowest BCUT2D eigenvalue weighted by atomic mass is 9.94. The van der Waals surface area contributed by atoms with E-state index in [4.69, 9.17) is 25.8 Å². The number of hydrogen-bond donors (Lipinski definition) is 1. The molecule has 3 saturated carbocycles. The van der Waals surface area contributed by atoms with Crippen molar-refractivity contribution in [2.24, 2.45) is 11.8 Å². The number of aromatic hydroxyl groups is 1. The average molecular weight is 564 g/mol. The molecule has 39 heavy (non-hydrogen) atoms. The average Bonchev–Trinajstić information content (AvgIpc) is 3.71. The summed E-state index contributed by atoms with van der Waals surface area (Å²) in [6, 6.07) is 8.60. The molecule has 3 aromatic rings. The molecule has 4 fully saturated rings. The lowest BCUT2D eigenvalue weighted by molar-refractivity contribution is -0.124. The number of nitrogens with zero attached hydrogens (tertiary/aromatic N) is 1. The molecule has 4 aliphatic rings. The van der Waals surface area contributed by atoms with Gasteiger partial charge in [-0.2, -0.15) is 0 Å². The first-order valence-electron chi connectivity index (χ1n) is 13.8. The van der Waals surface area contributed by atoms with Crippen molar-refractivity contribution in [2.75, 3.05) is 0 Å².